The summed E-state index contributed by atoms with van der Waals surface area (Å²) in [7, 11) is -1.59. The maximum atomic E-state index is 13.4. The van der Waals surface area contributed by atoms with Crippen molar-refractivity contribution in [1.29, 1.82) is 0 Å². The van der Waals surface area contributed by atoms with Gasteiger partial charge in [-0.15, -0.1) is 0 Å². The molecule has 2 heterocycles. The van der Waals surface area contributed by atoms with E-state index in [1.165, 1.54) is 29.8 Å². The molecule has 0 aliphatic carbocycles. The van der Waals surface area contributed by atoms with Crippen LogP contribution in [0.2, 0.25) is 0 Å². The SMILES string of the molecule is CC(C)Cn1c2c(c(=O)n(C)c1=O)C(=S(=O)=O)C(Cc1ccccc1C(F)(F)F)S2. The number of nitrogens with zero attached hydrogens (tertiary/aromatic N) is 2. The largest absolute Gasteiger partial charge is 0.416 e. The molecule has 0 bridgehead atoms. The Hall–Kier alpha value is -2.27. The number of fused-ring (bicyclic) bond motifs is 1. The molecule has 0 radical (unpaired) electrons. The Morgan fingerprint density at radius 1 is 1.17 bits per heavy atom. The fourth-order valence-electron chi connectivity index (χ4n) is 3.46. The monoisotopic (exact) mass is 460 g/mol. The molecule has 0 saturated heterocycles. The normalized spacial score (nSPS) is 16.2. The summed E-state index contributed by atoms with van der Waals surface area (Å²) in [4.78, 5) is 25.1. The second kappa shape index (κ2) is 8.10. The first-order valence-electron chi connectivity index (χ1n) is 9.05. The first kappa shape index (κ1) is 22.4. The first-order valence-corrected chi connectivity index (χ1v) is 11.0. The second-order valence-electron chi connectivity index (χ2n) is 7.40. The quantitative estimate of drug-likeness (QED) is 0.517. The number of hydrogen-bond donors (Lipinski definition) is 0. The summed E-state index contributed by atoms with van der Waals surface area (Å²) >= 11 is 0.945. The fraction of sp³-hybridized carbons (Fsp3) is 0.421. The molecule has 3 rings (SSSR count). The predicted molar refractivity (Wildman–Crippen MR) is 109 cm³/mol. The Labute approximate surface area is 175 Å². The molecular weight excluding hydrogens is 441 g/mol. The number of rotatable bonds is 4. The van der Waals surface area contributed by atoms with E-state index >= 15 is 0 Å². The van der Waals surface area contributed by atoms with E-state index < -0.39 is 38.5 Å². The van der Waals surface area contributed by atoms with Crippen LogP contribution in [0.1, 0.15) is 30.5 Å². The highest BCUT2D eigenvalue weighted by molar-refractivity contribution is 8.02. The lowest BCUT2D eigenvalue weighted by Crippen LogP contribution is -2.42. The van der Waals surface area contributed by atoms with Crippen LogP contribution in [0.25, 0.3) is 0 Å². The van der Waals surface area contributed by atoms with E-state index in [4.69, 9.17) is 0 Å². The van der Waals surface area contributed by atoms with E-state index in [0.717, 1.165) is 22.4 Å². The summed E-state index contributed by atoms with van der Waals surface area (Å²) in [5.41, 5.74) is -2.43. The standard InChI is InChI=1S/C19H19F3N2O4S2/c1-10(2)9-24-17-14(16(25)23(3)18(24)26)15(30(27)28)13(29-17)8-11-6-4-5-7-12(11)19(20,21)22/h4-7,10,13H,8-9H2,1-3H3. The summed E-state index contributed by atoms with van der Waals surface area (Å²) in [6, 6.07) is 4.93. The lowest BCUT2D eigenvalue weighted by Gasteiger charge is -2.16. The zero-order valence-corrected chi connectivity index (χ0v) is 18.0. The van der Waals surface area contributed by atoms with Crippen LogP contribution in [-0.4, -0.2) is 27.7 Å². The molecule has 6 nitrogen and oxygen atoms in total. The van der Waals surface area contributed by atoms with Crippen LogP contribution in [0.5, 0.6) is 0 Å². The molecule has 2 aromatic rings. The Bertz CT molecular complexity index is 1250. The van der Waals surface area contributed by atoms with Gasteiger partial charge in [0.1, 0.15) is 4.86 Å². The molecule has 0 N–H and O–H groups in total. The predicted octanol–water partition coefficient (Wildman–Crippen LogP) is 2.34. The number of hydrogen-bond acceptors (Lipinski definition) is 5. The van der Waals surface area contributed by atoms with Gasteiger partial charge in [0.2, 0.25) is 10.3 Å². The highest BCUT2D eigenvalue weighted by atomic mass is 32.2. The van der Waals surface area contributed by atoms with Crippen LogP contribution in [0.3, 0.4) is 0 Å². The maximum Gasteiger partial charge on any atom is 0.416 e. The lowest BCUT2D eigenvalue weighted by atomic mass is 10.00. The molecule has 0 spiro atoms. The second-order valence-corrected chi connectivity index (χ2v) is 9.50. The molecule has 0 saturated carbocycles. The van der Waals surface area contributed by atoms with Crippen molar-refractivity contribution in [2.75, 3.05) is 0 Å². The highest BCUT2D eigenvalue weighted by Gasteiger charge is 2.39. The molecule has 1 aromatic heterocycles. The van der Waals surface area contributed by atoms with E-state index in [9.17, 15) is 31.2 Å². The van der Waals surface area contributed by atoms with Gasteiger partial charge in [0.25, 0.3) is 5.56 Å². The van der Waals surface area contributed by atoms with Gasteiger partial charge in [-0.25, -0.2) is 4.79 Å². The van der Waals surface area contributed by atoms with Crippen molar-refractivity contribution in [1.82, 2.24) is 9.13 Å². The number of benzene rings is 1. The number of alkyl halides is 3. The van der Waals surface area contributed by atoms with Gasteiger partial charge >= 0.3 is 11.9 Å². The van der Waals surface area contributed by atoms with Gasteiger partial charge in [0.05, 0.1) is 21.4 Å². The number of aromatic nitrogens is 2. The molecule has 1 unspecified atom stereocenters. The number of thioether (sulfide) groups is 1. The van der Waals surface area contributed by atoms with Gasteiger partial charge in [0.15, 0.2) is 0 Å². The van der Waals surface area contributed by atoms with Crippen LogP contribution in [-0.2, 0) is 36.5 Å². The van der Waals surface area contributed by atoms with Crippen molar-refractivity contribution in [2.24, 2.45) is 13.0 Å². The zero-order chi connectivity index (χ0) is 22.4. The van der Waals surface area contributed by atoms with E-state index in [-0.39, 0.29) is 39.9 Å². The Kier molecular flexibility index (Phi) is 6.06. The summed E-state index contributed by atoms with van der Waals surface area (Å²) < 4.78 is 66.4. The van der Waals surface area contributed by atoms with Crippen molar-refractivity contribution < 1.29 is 21.6 Å². The van der Waals surface area contributed by atoms with Gasteiger partial charge in [-0.2, -0.15) is 21.6 Å². The fourth-order valence-corrected chi connectivity index (χ4v) is 5.90. The molecule has 0 amide bonds. The Balaban J connectivity index is 2.20. The third-order valence-corrected chi connectivity index (χ3v) is 7.08. The Morgan fingerprint density at radius 2 is 1.80 bits per heavy atom. The maximum absolute atomic E-state index is 13.4. The molecule has 1 aliphatic rings. The van der Waals surface area contributed by atoms with Crippen LogP contribution in [0.4, 0.5) is 13.2 Å². The van der Waals surface area contributed by atoms with E-state index in [2.05, 4.69) is 0 Å². The average Bonchev–Trinajstić information content (AvgIpc) is 3.02. The van der Waals surface area contributed by atoms with Gasteiger partial charge < -0.3 is 0 Å². The molecule has 1 aromatic carbocycles. The summed E-state index contributed by atoms with van der Waals surface area (Å²) in [6.45, 7) is 3.96. The highest BCUT2D eigenvalue weighted by Crippen LogP contribution is 2.39. The minimum atomic E-state index is -4.60. The van der Waals surface area contributed by atoms with Crippen molar-refractivity contribution in [2.45, 2.75) is 43.3 Å². The van der Waals surface area contributed by atoms with Crippen LogP contribution in [0.15, 0.2) is 38.9 Å². The molecule has 0 fully saturated rings. The van der Waals surface area contributed by atoms with Gasteiger partial charge in [-0.3, -0.25) is 13.9 Å². The first-order chi connectivity index (χ1) is 13.9. The van der Waals surface area contributed by atoms with Crippen LogP contribution >= 0.6 is 11.8 Å². The topological polar surface area (TPSA) is 78.1 Å². The third kappa shape index (κ3) is 4.00. The minimum Gasteiger partial charge on any atom is -0.287 e. The smallest absolute Gasteiger partial charge is 0.287 e. The summed E-state index contributed by atoms with van der Waals surface area (Å²) in [6.07, 6.45) is -4.85. The summed E-state index contributed by atoms with van der Waals surface area (Å²) in [5.74, 6) is 0.0242. The van der Waals surface area contributed by atoms with Crippen molar-refractivity contribution >= 4 is 26.9 Å². The zero-order valence-electron chi connectivity index (χ0n) is 16.4. The molecular formula is C19H19F3N2O4S2. The minimum absolute atomic E-state index is 0.0242. The molecule has 1 atom stereocenters. The molecule has 11 heteroatoms. The number of halogens is 3. The van der Waals surface area contributed by atoms with Crippen molar-refractivity contribution in [3.05, 3.63) is 61.8 Å². The van der Waals surface area contributed by atoms with Gasteiger partial charge in [0, 0.05) is 13.6 Å². The molecule has 1 aliphatic heterocycles. The van der Waals surface area contributed by atoms with E-state index in [1.807, 2.05) is 13.8 Å². The Morgan fingerprint density at radius 3 is 2.37 bits per heavy atom. The van der Waals surface area contributed by atoms with E-state index in [1.54, 1.807) is 0 Å². The van der Waals surface area contributed by atoms with Gasteiger partial charge in [-0.1, -0.05) is 43.8 Å². The molecule has 162 valence electrons. The van der Waals surface area contributed by atoms with Crippen LogP contribution < -0.4 is 11.2 Å². The lowest BCUT2D eigenvalue weighted by molar-refractivity contribution is -0.138. The van der Waals surface area contributed by atoms with Crippen molar-refractivity contribution in [3.8, 4) is 0 Å². The summed E-state index contributed by atoms with van der Waals surface area (Å²) in [5, 5.41) is -0.764. The third-order valence-electron chi connectivity index (χ3n) is 4.74. The van der Waals surface area contributed by atoms with Gasteiger partial charge in [-0.05, 0) is 24.0 Å². The molecule has 30 heavy (non-hydrogen) atoms. The van der Waals surface area contributed by atoms with E-state index in [0.29, 0.717) is 0 Å². The average molecular weight is 460 g/mol. The van der Waals surface area contributed by atoms with Crippen molar-refractivity contribution in [3.63, 3.8) is 0 Å². The van der Waals surface area contributed by atoms with Crippen LogP contribution in [0, 0.1) is 5.92 Å².